The first-order valence-corrected chi connectivity index (χ1v) is 9.81. The zero-order valence-electron chi connectivity index (χ0n) is 15.3. The number of hydrogen-bond donors (Lipinski definition) is 1. The molecule has 0 unspecified atom stereocenters. The molecule has 0 bridgehead atoms. The molecular weight excluding hydrogens is 412 g/mol. The largest absolute Gasteiger partial charge is 0.384 e. The molecule has 146 valence electrons. The third-order valence-electron chi connectivity index (χ3n) is 4.11. The summed E-state index contributed by atoms with van der Waals surface area (Å²) in [6.07, 6.45) is 0.270. The Morgan fingerprint density at radius 1 is 1.24 bits per heavy atom. The van der Waals surface area contributed by atoms with Crippen LogP contribution in [-0.4, -0.2) is 21.9 Å². The van der Waals surface area contributed by atoms with Crippen molar-refractivity contribution in [3.05, 3.63) is 69.9 Å². The lowest BCUT2D eigenvalue weighted by atomic mass is 10.1. The second-order valence-corrected chi connectivity index (χ2v) is 7.68. The summed E-state index contributed by atoms with van der Waals surface area (Å²) in [5.41, 5.74) is 7.81. The van der Waals surface area contributed by atoms with E-state index in [4.69, 9.17) is 26.7 Å². The van der Waals surface area contributed by atoms with Crippen molar-refractivity contribution in [2.45, 2.75) is 13.3 Å². The van der Waals surface area contributed by atoms with E-state index in [2.05, 4.69) is 15.3 Å². The van der Waals surface area contributed by atoms with Crippen LogP contribution >= 0.6 is 22.9 Å². The van der Waals surface area contributed by atoms with Gasteiger partial charge in [0.25, 0.3) is 0 Å². The molecule has 0 aliphatic rings. The molecule has 0 amide bonds. The van der Waals surface area contributed by atoms with E-state index in [-0.39, 0.29) is 23.5 Å². The highest BCUT2D eigenvalue weighted by atomic mass is 35.5. The van der Waals surface area contributed by atoms with Gasteiger partial charge in [-0.25, -0.2) is 9.78 Å². The fraction of sp³-hybridized carbons (Fsp3) is 0.100. The van der Waals surface area contributed by atoms with Gasteiger partial charge in [0.1, 0.15) is 27.9 Å². The summed E-state index contributed by atoms with van der Waals surface area (Å²) >= 11 is 7.72. The molecule has 2 heterocycles. The molecule has 4 rings (SSSR count). The van der Waals surface area contributed by atoms with E-state index in [0.717, 1.165) is 15.2 Å². The number of carbonyl (C=O) groups is 1. The third kappa shape index (κ3) is 3.98. The van der Waals surface area contributed by atoms with Crippen LogP contribution in [0.5, 0.6) is 0 Å². The van der Waals surface area contributed by atoms with Gasteiger partial charge in [0.2, 0.25) is 0 Å². The Hall–Kier alpha value is -3.23. The van der Waals surface area contributed by atoms with E-state index in [1.807, 2.05) is 24.3 Å². The lowest BCUT2D eigenvalue weighted by Gasteiger charge is -2.03. The summed E-state index contributed by atoms with van der Waals surface area (Å²) in [5.74, 6) is -0.304. The second-order valence-electron chi connectivity index (χ2n) is 6.16. The van der Waals surface area contributed by atoms with Gasteiger partial charge in [-0.1, -0.05) is 52.2 Å². The average Bonchev–Trinajstić information content (AvgIpc) is 3.29. The summed E-state index contributed by atoms with van der Waals surface area (Å²) < 4.78 is 6.22. The van der Waals surface area contributed by atoms with Crippen LogP contribution < -0.4 is 5.73 Å². The Balaban J connectivity index is 1.52. The number of fused-ring (bicyclic) bond motifs is 1. The molecule has 2 aromatic carbocycles. The number of oxime groups is 1. The van der Waals surface area contributed by atoms with Crippen molar-refractivity contribution in [2.75, 3.05) is 0 Å². The summed E-state index contributed by atoms with van der Waals surface area (Å²) in [6, 6.07) is 14.8. The van der Waals surface area contributed by atoms with E-state index in [0.29, 0.717) is 16.3 Å². The van der Waals surface area contributed by atoms with Crippen molar-refractivity contribution >= 4 is 45.0 Å². The standard InChI is InChI=1S/C20H15ClN4O3S/c1-11-18(19(25-27-11)12-6-2-3-7-13(12)21)20(26)28-24-16(22)10-17-23-14-8-4-5-9-15(14)29-17/h2-9H,10H2,1H3,(H2,22,24). The Morgan fingerprint density at radius 2 is 2.00 bits per heavy atom. The van der Waals surface area contributed by atoms with Gasteiger partial charge in [-0.2, -0.15) is 0 Å². The van der Waals surface area contributed by atoms with E-state index in [9.17, 15) is 4.79 Å². The highest BCUT2D eigenvalue weighted by Gasteiger charge is 2.24. The molecule has 2 aromatic heterocycles. The molecule has 9 heteroatoms. The molecular formula is C20H15ClN4O3S. The van der Waals surface area contributed by atoms with Gasteiger partial charge in [0.15, 0.2) is 0 Å². The molecule has 2 N–H and O–H groups in total. The van der Waals surface area contributed by atoms with Crippen LogP contribution in [0.3, 0.4) is 0 Å². The second kappa shape index (κ2) is 8.02. The molecule has 0 saturated carbocycles. The van der Waals surface area contributed by atoms with Gasteiger partial charge in [0.05, 0.1) is 21.7 Å². The highest BCUT2D eigenvalue weighted by Crippen LogP contribution is 2.31. The van der Waals surface area contributed by atoms with Crippen LogP contribution in [-0.2, 0) is 11.3 Å². The number of nitrogens with two attached hydrogens (primary N) is 1. The van der Waals surface area contributed by atoms with Crippen molar-refractivity contribution in [3.8, 4) is 11.3 Å². The molecule has 0 aliphatic carbocycles. The minimum Gasteiger partial charge on any atom is -0.384 e. The molecule has 0 radical (unpaired) electrons. The average molecular weight is 427 g/mol. The maximum absolute atomic E-state index is 12.6. The number of hydrogen-bond acceptors (Lipinski definition) is 7. The Morgan fingerprint density at radius 3 is 2.79 bits per heavy atom. The first kappa shape index (κ1) is 19.1. The minimum atomic E-state index is -0.731. The van der Waals surface area contributed by atoms with Gasteiger partial charge in [0, 0.05) is 5.56 Å². The normalized spacial score (nSPS) is 11.7. The Bertz CT molecular complexity index is 1200. The summed E-state index contributed by atoms with van der Waals surface area (Å²) in [5, 5.41) is 8.91. The van der Waals surface area contributed by atoms with Gasteiger partial charge in [-0.15, -0.1) is 11.3 Å². The predicted molar refractivity (Wildman–Crippen MR) is 112 cm³/mol. The van der Waals surface area contributed by atoms with Crippen molar-refractivity contribution < 1.29 is 14.2 Å². The monoisotopic (exact) mass is 426 g/mol. The molecule has 0 saturated heterocycles. The minimum absolute atomic E-state index is 0.130. The SMILES string of the molecule is Cc1onc(-c2ccccc2Cl)c1C(=O)ON=C(N)Cc1nc2ccccc2s1. The Kier molecular flexibility index (Phi) is 5.28. The number of rotatable bonds is 5. The fourth-order valence-electron chi connectivity index (χ4n) is 2.78. The fourth-order valence-corrected chi connectivity index (χ4v) is 3.99. The number of amidine groups is 1. The van der Waals surface area contributed by atoms with Gasteiger partial charge in [-0.3, -0.25) is 0 Å². The predicted octanol–water partition coefficient (Wildman–Crippen LogP) is 4.58. The zero-order valence-corrected chi connectivity index (χ0v) is 16.8. The number of halogens is 1. The van der Waals surface area contributed by atoms with Crippen molar-refractivity contribution in [2.24, 2.45) is 10.9 Å². The lowest BCUT2D eigenvalue weighted by molar-refractivity contribution is 0.0513. The van der Waals surface area contributed by atoms with Crippen LogP contribution in [0.4, 0.5) is 0 Å². The first-order valence-electron chi connectivity index (χ1n) is 8.62. The molecule has 0 spiro atoms. The van der Waals surface area contributed by atoms with Crippen LogP contribution in [0.15, 0.2) is 58.2 Å². The molecule has 4 aromatic rings. The molecule has 0 atom stereocenters. The van der Waals surface area contributed by atoms with E-state index in [1.54, 1.807) is 31.2 Å². The van der Waals surface area contributed by atoms with Gasteiger partial charge >= 0.3 is 5.97 Å². The highest BCUT2D eigenvalue weighted by molar-refractivity contribution is 7.18. The number of aromatic nitrogens is 2. The van der Waals surface area contributed by atoms with Crippen LogP contribution in [0.1, 0.15) is 21.1 Å². The topological polar surface area (TPSA) is 104 Å². The first-order chi connectivity index (χ1) is 14.0. The number of para-hydroxylation sites is 1. The molecule has 29 heavy (non-hydrogen) atoms. The van der Waals surface area contributed by atoms with Crippen LogP contribution in [0.2, 0.25) is 5.02 Å². The summed E-state index contributed by atoms with van der Waals surface area (Å²) in [7, 11) is 0. The van der Waals surface area contributed by atoms with E-state index >= 15 is 0 Å². The van der Waals surface area contributed by atoms with Gasteiger partial charge in [-0.05, 0) is 25.1 Å². The maximum atomic E-state index is 12.6. The smallest absolute Gasteiger partial charge is 0.371 e. The van der Waals surface area contributed by atoms with E-state index < -0.39 is 5.97 Å². The number of carbonyl (C=O) groups excluding carboxylic acids is 1. The van der Waals surface area contributed by atoms with Gasteiger partial charge < -0.3 is 15.1 Å². The lowest BCUT2D eigenvalue weighted by Crippen LogP contribution is -2.17. The third-order valence-corrected chi connectivity index (χ3v) is 5.48. The number of nitrogens with zero attached hydrogens (tertiary/aromatic N) is 3. The Labute approximate surface area is 174 Å². The van der Waals surface area contributed by atoms with Crippen molar-refractivity contribution in [1.29, 1.82) is 0 Å². The van der Waals surface area contributed by atoms with Crippen molar-refractivity contribution in [1.82, 2.24) is 10.1 Å². The molecule has 0 fully saturated rings. The number of thiazole rings is 1. The molecule has 7 nitrogen and oxygen atoms in total. The van der Waals surface area contributed by atoms with Crippen LogP contribution in [0, 0.1) is 6.92 Å². The maximum Gasteiger partial charge on any atom is 0.371 e. The van der Waals surface area contributed by atoms with Crippen LogP contribution in [0.25, 0.3) is 21.5 Å². The quantitative estimate of drug-likeness (QED) is 0.217. The van der Waals surface area contributed by atoms with Crippen molar-refractivity contribution in [3.63, 3.8) is 0 Å². The van der Waals surface area contributed by atoms with E-state index in [1.165, 1.54) is 11.3 Å². The number of aryl methyl sites for hydroxylation is 1. The summed E-state index contributed by atoms with van der Waals surface area (Å²) in [4.78, 5) is 22.1. The molecule has 0 aliphatic heterocycles. The number of benzene rings is 2. The summed E-state index contributed by atoms with van der Waals surface area (Å²) in [6.45, 7) is 1.61. The zero-order chi connectivity index (χ0) is 20.4.